The third-order valence-electron chi connectivity index (χ3n) is 2.46. The highest BCUT2D eigenvalue weighted by Gasteiger charge is 2.25. The van der Waals surface area contributed by atoms with Gasteiger partial charge in [-0.25, -0.2) is 0 Å². The van der Waals surface area contributed by atoms with Gasteiger partial charge >= 0.3 is 6.18 Å². The fourth-order valence-electron chi connectivity index (χ4n) is 1.55. The van der Waals surface area contributed by atoms with Crippen molar-refractivity contribution in [2.75, 3.05) is 18.4 Å². The predicted octanol–water partition coefficient (Wildman–Crippen LogP) is 3.60. The van der Waals surface area contributed by atoms with Crippen molar-refractivity contribution in [1.29, 1.82) is 0 Å². The first-order valence-electron chi connectivity index (χ1n) is 6.20. The topological polar surface area (TPSA) is 41.1 Å². The Balaban J connectivity index is 2.12. The Labute approximate surface area is 120 Å². The number of halogens is 4. The Morgan fingerprint density at radius 2 is 2.00 bits per heavy atom. The summed E-state index contributed by atoms with van der Waals surface area (Å²) in [6.07, 6.45) is -4.45. The second-order valence-electron chi connectivity index (χ2n) is 4.31. The molecule has 0 heterocycles. The van der Waals surface area contributed by atoms with Crippen molar-refractivity contribution in [3.8, 4) is 0 Å². The number of hydrogen-bond donors (Lipinski definition) is 2. The third kappa shape index (κ3) is 8.01. The first-order valence-corrected chi connectivity index (χ1v) is 6.57. The van der Waals surface area contributed by atoms with Crippen LogP contribution in [-0.4, -0.2) is 25.2 Å². The number of alkyl halides is 3. The van der Waals surface area contributed by atoms with Gasteiger partial charge in [0.05, 0.1) is 6.54 Å². The minimum atomic E-state index is -4.11. The molecule has 0 aromatic heterocycles. The Morgan fingerprint density at radius 3 is 2.65 bits per heavy atom. The fourth-order valence-corrected chi connectivity index (χ4v) is 1.74. The van der Waals surface area contributed by atoms with Crippen LogP contribution in [0.15, 0.2) is 24.3 Å². The molecule has 1 aromatic carbocycles. The molecule has 0 bridgehead atoms. The van der Waals surface area contributed by atoms with Gasteiger partial charge in [0, 0.05) is 17.1 Å². The van der Waals surface area contributed by atoms with E-state index in [9.17, 15) is 18.0 Å². The summed E-state index contributed by atoms with van der Waals surface area (Å²) < 4.78 is 35.6. The van der Waals surface area contributed by atoms with Gasteiger partial charge in [0.15, 0.2) is 0 Å². The van der Waals surface area contributed by atoms with Gasteiger partial charge in [-0.1, -0.05) is 17.7 Å². The van der Waals surface area contributed by atoms with E-state index in [-0.39, 0.29) is 18.9 Å². The average molecular weight is 309 g/mol. The summed E-state index contributed by atoms with van der Waals surface area (Å²) in [5, 5.41) is 5.94. The number of anilines is 1. The van der Waals surface area contributed by atoms with E-state index >= 15 is 0 Å². The van der Waals surface area contributed by atoms with Crippen LogP contribution in [0.25, 0.3) is 0 Å². The van der Waals surface area contributed by atoms with Crippen LogP contribution in [0.1, 0.15) is 19.3 Å². The monoisotopic (exact) mass is 308 g/mol. The normalized spacial score (nSPS) is 11.4. The lowest BCUT2D eigenvalue weighted by molar-refractivity contribution is -0.135. The minimum absolute atomic E-state index is 0.0541. The minimum Gasteiger partial charge on any atom is -0.325 e. The summed E-state index contributed by atoms with van der Waals surface area (Å²) >= 11 is 5.77. The molecule has 7 heteroatoms. The highest BCUT2D eigenvalue weighted by atomic mass is 35.5. The summed E-state index contributed by atoms with van der Waals surface area (Å²) in [7, 11) is 0. The number of rotatable bonds is 7. The molecule has 0 unspecified atom stereocenters. The van der Waals surface area contributed by atoms with Crippen molar-refractivity contribution in [3.63, 3.8) is 0 Å². The molecule has 20 heavy (non-hydrogen) atoms. The highest BCUT2D eigenvalue weighted by Crippen LogP contribution is 2.21. The quantitative estimate of drug-likeness (QED) is 0.756. The zero-order valence-electron chi connectivity index (χ0n) is 10.8. The van der Waals surface area contributed by atoms with Crippen molar-refractivity contribution >= 4 is 23.2 Å². The molecule has 0 spiro atoms. The second kappa shape index (κ2) is 8.11. The number of unbranched alkanes of at least 4 members (excludes halogenated alkanes) is 1. The van der Waals surface area contributed by atoms with Gasteiger partial charge in [-0.3, -0.25) is 4.79 Å². The van der Waals surface area contributed by atoms with Crippen LogP contribution in [-0.2, 0) is 4.79 Å². The molecule has 0 fully saturated rings. The van der Waals surface area contributed by atoms with E-state index in [0.717, 1.165) is 0 Å². The van der Waals surface area contributed by atoms with Crippen LogP contribution in [0, 0.1) is 0 Å². The van der Waals surface area contributed by atoms with Crippen LogP contribution in [0.4, 0.5) is 18.9 Å². The molecule has 112 valence electrons. The summed E-state index contributed by atoms with van der Waals surface area (Å²) in [4.78, 5) is 11.5. The van der Waals surface area contributed by atoms with Crippen molar-refractivity contribution in [3.05, 3.63) is 29.3 Å². The highest BCUT2D eigenvalue weighted by molar-refractivity contribution is 6.30. The van der Waals surface area contributed by atoms with Gasteiger partial charge in [-0.2, -0.15) is 13.2 Å². The SMILES string of the molecule is O=C(CNCCCCC(F)(F)F)Nc1cccc(Cl)c1. The average Bonchev–Trinajstić information content (AvgIpc) is 2.32. The molecule has 2 N–H and O–H groups in total. The molecule has 1 rings (SSSR count). The Hall–Kier alpha value is -1.27. The molecule has 0 aliphatic rings. The van der Waals surface area contributed by atoms with E-state index < -0.39 is 12.6 Å². The third-order valence-corrected chi connectivity index (χ3v) is 2.69. The molecular formula is C13H16ClF3N2O. The maximum Gasteiger partial charge on any atom is 0.389 e. The van der Waals surface area contributed by atoms with Crippen LogP contribution in [0.2, 0.25) is 5.02 Å². The number of carbonyl (C=O) groups is 1. The number of amides is 1. The summed E-state index contributed by atoms with van der Waals surface area (Å²) in [6, 6.07) is 6.72. The molecule has 0 atom stereocenters. The standard InChI is InChI=1S/C13H16ClF3N2O/c14-10-4-3-5-11(8-10)19-12(20)9-18-7-2-1-6-13(15,16)17/h3-5,8,18H,1-2,6-7,9H2,(H,19,20). The Kier molecular flexibility index (Phi) is 6.81. The maximum atomic E-state index is 11.9. The predicted molar refractivity (Wildman–Crippen MR) is 72.9 cm³/mol. The van der Waals surface area contributed by atoms with E-state index in [0.29, 0.717) is 23.7 Å². The second-order valence-corrected chi connectivity index (χ2v) is 4.74. The summed E-state index contributed by atoms with van der Waals surface area (Å²) in [5.41, 5.74) is 0.585. The molecule has 0 aliphatic carbocycles. The van der Waals surface area contributed by atoms with Crippen molar-refractivity contribution in [2.24, 2.45) is 0 Å². The van der Waals surface area contributed by atoms with Gasteiger partial charge in [-0.05, 0) is 37.6 Å². The number of carbonyl (C=O) groups excluding carboxylic acids is 1. The molecule has 1 amide bonds. The Morgan fingerprint density at radius 1 is 1.25 bits per heavy atom. The number of benzene rings is 1. The number of nitrogens with one attached hydrogen (secondary N) is 2. The number of hydrogen-bond acceptors (Lipinski definition) is 2. The molecule has 0 saturated heterocycles. The van der Waals surface area contributed by atoms with E-state index in [4.69, 9.17) is 11.6 Å². The van der Waals surface area contributed by atoms with E-state index in [1.807, 2.05) is 0 Å². The largest absolute Gasteiger partial charge is 0.389 e. The Bertz CT molecular complexity index is 438. The van der Waals surface area contributed by atoms with Gasteiger partial charge in [0.25, 0.3) is 0 Å². The molecule has 0 aliphatic heterocycles. The zero-order chi connectivity index (χ0) is 15.0. The lowest BCUT2D eigenvalue weighted by Gasteiger charge is -2.08. The van der Waals surface area contributed by atoms with Crippen LogP contribution in [0.5, 0.6) is 0 Å². The van der Waals surface area contributed by atoms with Gasteiger partial charge in [-0.15, -0.1) is 0 Å². The van der Waals surface area contributed by atoms with Gasteiger partial charge in [0.1, 0.15) is 0 Å². The lowest BCUT2D eigenvalue weighted by atomic mass is 10.2. The molecule has 3 nitrogen and oxygen atoms in total. The summed E-state index contributed by atoms with van der Waals surface area (Å²) in [6.45, 7) is 0.428. The molecule has 0 saturated carbocycles. The van der Waals surface area contributed by atoms with Crippen LogP contribution < -0.4 is 10.6 Å². The van der Waals surface area contributed by atoms with E-state index in [2.05, 4.69) is 10.6 Å². The lowest BCUT2D eigenvalue weighted by Crippen LogP contribution is -2.28. The van der Waals surface area contributed by atoms with Crippen molar-refractivity contribution < 1.29 is 18.0 Å². The first kappa shape index (κ1) is 16.8. The maximum absolute atomic E-state index is 11.9. The molecule has 1 aromatic rings. The zero-order valence-corrected chi connectivity index (χ0v) is 11.5. The fraction of sp³-hybridized carbons (Fsp3) is 0.462. The van der Waals surface area contributed by atoms with Gasteiger partial charge < -0.3 is 10.6 Å². The summed E-state index contributed by atoms with van der Waals surface area (Å²) in [5.74, 6) is -0.261. The van der Waals surface area contributed by atoms with Crippen LogP contribution in [0.3, 0.4) is 0 Å². The first-order chi connectivity index (χ1) is 9.37. The van der Waals surface area contributed by atoms with E-state index in [1.54, 1.807) is 24.3 Å². The van der Waals surface area contributed by atoms with E-state index in [1.165, 1.54) is 0 Å². The van der Waals surface area contributed by atoms with Gasteiger partial charge in [0.2, 0.25) is 5.91 Å². The molecular weight excluding hydrogens is 293 g/mol. The van der Waals surface area contributed by atoms with Crippen molar-refractivity contribution in [1.82, 2.24) is 5.32 Å². The van der Waals surface area contributed by atoms with Crippen LogP contribution >= 0.6 is 11.6 Å². The smallest absolute Gasteiger partial charge is 0.325 e. The molecule has 0 radical (unpaired) electrons. The van der Waals surface area contributed by atoms with Crippen molar-refractivity contribution in [2.45, 2.75) is 25.4 Å².